The largest absolute Gasteiger partial charge is 0.312 e. The summed E-state index contributed by atoms with van der Waals surface area (Å²) in [5.74, 6) is 0.607. The van der Waals surface area contributed by atoms with Gasteiger partial charge in [0.15, 0.2) is 0 Å². The molecule has 0 aliphatic rings. The van der Waals surface area contributed by atoms with Gasteiger partial charge < -0.3 is 5.32 Å². The minimum absolute atomic E-state index is 0.607. The van der Waals surface area contributed by atoms with Gasteiger partial charge in [0.2, 0.25) is 0 Å². The van der Waals surface area contributed by atoms with Crippen LogP contribution in [0.15, 0.2) is 18.2 Å². The third kappa shape index (κ3) is 2.53. The summed E-state index contributed by atoms with van der Waals surface area (Å²) >= 11 is 1.92. The molecule has 2 aromatic rings. The van der Waals surface area contributed by atoms with Crippen molar-refractivity contribution in [3.05, 3.63) is 34.2 Å². The van der Waals surface area contributed by atoms with Gasteiger partial charge in [-0.3, -0.25) is 0 Å². The van der Waals surface area contributed by atoms with Gasteiger partial charge in [-0.15, -0.1) is 11.3 Å². The highest BCUT2D eigenvalue weighted by atomic mass is 32.1. The Bertz CT molecular complexity index is 511. The first-order valence-corrected chi connectivity index (χ1v) is 7.17. The number of nitrogens with one attached hydrogen (secondary N) is 1. The molecular weight excluding hydrogens is 226 g/mol. The Morgan fingerprint density at radius 1 is 1.29 bits per heavy atom. The topological polar surface area (TPSA) is 12.0 Å². The highest BCUT2D eigenvalue weighted by Crippen LogP contribution is 2.32. The fourth-order valence-corrected chi connectivity index (χ4v) is 3.22. The molecule has 0 amide bonds. The Balaban J connectivity index is 2.43. The number of fused-ring (bicyclic) bond motifs is 1. The quantitative estimate of drug-likeness (QED) is 0.842. The molecule has 0 spiro atoms. The van der Waals surface area contributed by atoms with Gasteiger partial charge >= 0.3 is 0 Å². The molecule has 1 aromatic heterocycles. The van der Waals surface area contributed by atoms with E-state index in [1.54, 1.807) is 0 Å². The fraction of sp³-hybridized carbons (Fsp3) is 0.467. The normalized spacial score (nSPS) is 11.6. The minimum atomic E-state index is 0.607. The van der Waals surface area contributed by atoms with Crippen molar-refractivity contribution in [3.63, 3.8) is 0 Å². The number of thiophene rings is 1. The second-order valence-electron chi connectivity index (χ2n) is 4.84. The molecule has 1 N–H and O–H groups in total. The van der Waals surface area contributed by atoms with Crippen LogP contribution in [0.4, 0.5) is 0 Å². The van der Waals surface area contributed by atoms with Crippen LogP contribution in [-0.2, 0) is 6.54 Å². The molecule has 92 valence electrons. The van der Waals surface area contributed by atoms with Crippen molar-refractivity contribution >= 4 is 21.4 Å². The van der Waals surface area contributed by atoms with Crippen LogP contribution >= 0.6 is 11.3 Å². The zero-order chi connectivity index (χ0) is 12.4. The summed E-state index contributed by atoms with van der Waals surface area (Å²) in [6, 6.07) is 6.90. The zero-order valence-corrected chi connectivity index (χ0v) is 11.9. The van der Waals surface area contributed by atoms with E-state index in [4.69, 9.17) is 0 Å². The Morgan fingerprint density at radius 2 is 2.06 bits per heavy atom. The summed E-state index contributed by atoms with van der Waals surface area (Å²) in [5.41, 5.74) is 2.89. The lowest BCUT2D eigenvalue weighted by Crippen LogP contribution is -2.11. The van der Waals surface area contributed by atoms with Gasteiger partial charge in [0.25, 0.3) is 0 Å². The molecule has 0 aliphatic carbocycles. The lowest BCUT2D eigenvalue weighted by atomic mass is 10.0. The molecule has 0 bridgehead atoms. The van der Waals surface area contributed by atoms with Crippen molar-refractivity contribution < 1.29 is 0 Å². The molecule has 0 radical (unpaired) electrons. The molecule has 2 rings (SSSR count). The van der Waals surface area contributed by atoms with Crippen LogP contribution in [0.25, 0.3) is 10.1 Å². The van der Waals surface area contributed by atoms with Gasteiger partial charge in [0.05, 0.1) is 0 Å². The van der Waals surface area contributed by atoms with E-state index >= 15 is 0 Å². The van der Waals surface area contributed by atoms with E-state index < -0.39 is 0 Å². The molecule has 0 atom stereocenters. The zero-order valence-electron chi connectivity index (χ0n) is 11.1. The summed E-state index contributed by atoms with van der Waals surface area (Å²) in [5, 5.41) is 4.85. The smallest absolute Gasteiger partial charge is 0.0349 e. The highest BCUT2D eigenvalue weighted by Gasteiger charge is 2.09. The average Bonchev–Trinajstić information content (AvgIpc) is 2.63. The van der Waals surface area contributed by atoms with E-state index in [0.717, 1.165) is 13.1 Å². The molecule has 1 heterocycles. The second kappa shape index (κ2) is 5.19. The monoisotopic (exact) mass is 247 g/mol. The van der Waals surface area contributed by atoms with Crippen molar-refractivity contribution in [2.45, 2.75) is 40.2 Å². The van der Waals surface area contributed by atoms with Crippen molar-refractivity contribution in [1.29, 1.82) is 0 Å². The molecule has 0 aliphatic heterocycles. The van der Waals surface area contributed by atoms with Gasteiger partial charge in [0, 0.05) is 16.1 Å². The maximum Gasteiger partial charge on any atom is 0.0349 e. The molecule has 0 unspecified atom stereocenters. The van der Waals surface area contributed by atoms with Gasteiger partial charge in [-0.2, -0.15) is 0 Å². The predicted molar refractivity (Wildman–Crippen MR) is 78.0 cm³/mol. The molecular formula is C15H21NS. The van der Waals surface area contributed by atoms with Crippen molar-refractivity contribution in [1.82, 2.24) is 5.32 Å². The minimum Gasteiger partial charge on any atom is -0.312 e. The number of benzene rings is 1. The van der Waals surface area contributed by atoms with E-state index in [9.17, 15) is 0 Å². The van der Waals surface area contributed by atoms with E-state index in [2.05, 4.69) is 51.2 Å². The van der Waals surface area contributed by atoms with Crippen molar-refractivity contribution in [2.24, 2.45) is 0 Å². The van der Waals surface area contributed by atoms with Gasteiger partial charge in [-0.05, 0) is 48.0 Å². The van der Waals surface area contributed by atoms with Crippen LogP contribution in [0.1, 0.15) is 42.7 Å². The molecule has 0 fully saturated rings. The standard InChI is InChI=1S/C15H21NS/c1-5-16-9-15-11(4)13-8-12(10(2)3)6-7-14(13)17-15/h6-8,10,16H,5,9H2,1-4H3. The first kappa shape index (κ1) is 12.6. The van der Waals surface area contributed by atoms with Crippen LogP contribution in [0.2, 0.25) is 0 Å². The fourth-order valence-electron chi connectivity index (χ4n) is 2.06. The predicted octanol–water partition coefficient (Wildman–Crippen LogP) is 4.44. The number of aryl methyl sites for hydroxylation is 1. The Kier molecular flexibility index (Phi) is 3.85. The van der Waals surface area contributed by atoms with Crippen LogP contribution < -0.4 is 5.32 Å². The maximum absolute atomic E-state index is 3.41. The number of hydrogen-bond acceptors (Lipinski definition) is 2. The average molecular weight is 247 g/mol. The van der Waals surface area contributed by atoms with Crippen molar-refractivity contribution in [3.8, 4) is 0 Å². The molecule has 1 nitrogen and oxygen atoms in total. The maximum atomic E-state index is 3.41. The van der Waals surface area contributed by atoms with E-state index in [1.807, 2.05) is 11.3 Å². The summed E-state index contributed by atoms with van der Waals surface area (Å²) in [4.78, 5) is 1.47. The third-order valence-electron chi connectivity index (χ3n) is 3.26. The van der Waals surface area contributed by atoms with E-state index in [-0.39, 0.29) is 0 Å². The molecule has 2 heteroatoms. The van der Waals surface area contributed by atoms with Crippen LogP contribution in [0.3, 0.4) is 0 Å². The highest BCUT2D eigenvalue weighted by molar-refractivity contribution is 7.19. The van der Waals surface area contributed by atoms with Gasteiger partial charge in [-0.25, -0.2) is 0 Å². The van der Waals surface area contributed by atoms with Gasteiger partial charge in [-0.1, -0.05) is 26.8 Å². The number of hydrogen-bond donors (Lipinski definition) is 1. The summed E-state index contributed by atoms with van der Waals surface area (Å²) < 4.78 is 1.42. The lowest BCUT2D eigenvalue weighted by molar-refractivity contribution is 0.733. The third-order valence-corrected chi connectivity index (χ3v) is 4.53. The Hall–Kier alpha value is -0.860. The number of rotatable bonds is 4. The van der Waals surface area contributed by atoms with E-state index in [0.29, 0.717) is 5.92 Å². The first-order valence-electron chi connectivity index (χ1n) is 6.36. The summed E-state index contributed by atoms with van der Waals surface area (Å²) in [7, 11) is 0. The van der Waals surface area contributed by atoms with Crippen molar-refractivity contribution in [2.75, 3.05) is 6.54 Å². The Labute approximate surface area is 108 Å². The van der Waals surface area contributed by atoms with Crippen LogP contribution in [-0.4, -0.2) is 6.54 Å². The molecule has 17 heavy (non-hydrogen) atoms. The lowest BCUT2D eigenvalue weighted by Gasteiger charge is -2.05. The van der Waals surface area contributed by atoms with Crippen LogP contribution in [0.5, 0.6) is 0 Å². The summed E-state index contributed by atoms with van der Waals surface area (Å²) in [6.07, 6.45) is 0. The summed E-state index contributed by atoms with van der Waals surface area (Å²) in [6.45, 7) is 10.9. The molecule has 0 saturated carbocycles. The molecule has 1 aromatic carbocycles. The van der Waals surface area contributed by atoms with Crippen LogP contribution in [0, 0.1) is 6.92 Å². The van der Waals surface area contributed by atoms with Gasteiger partial charge in [0.1, 0.15) is 0 Å². The Morgan fingerprint density at radius 3 is 2.71 bits per heavy atom. The first-order chi connectivity index (χ1) is 8.13. The van der Waals surface area contributed by atoms with E-state index in [1.165, 1.54) is 26.1 Å². The molecule has 0 saturated heterocycles. The SMILES string of the molecule is CCNCc1sc2ccc(C(C)C)cc2c1C. The second-order valence-corrected chi connectivity index (χ2v) is 5.98.